The van der Waals surface area contributed by atoms with E-state index in [2.05, 4.69) is 10.4 Å². The molecule has 1 heterocycles. The van der Waals surface area contributed by atoms with E-state index in [1.54, 1.807) is 7.11 Å². The average Bonchev–Trinajstić information content (AvgIpc) is 2.50. The molecule has 0 aromatic heterocycles. The van der Waals surface area contributed by atoms with Gasteiger partial charge in [-0.15, -0.1) is 6.08 Å². The average molecular weight is 176 g/mol. The van der Waals surface area contributed by atoms with Crippen LogP contribution in [0.15, 0.2) is 12.3 Å². The fourth-order valence-electron chi connectivity index (χ4n) is 1.49. The Bertz CT molecular complexity index is 153. The van der Waals surface area contributed by atoms with Crippen molar-refractivity contribution in [3.05, 3.63) is 17.7 Å². The molecule has 0 N–H and O–H groups in total. The van der Waals surface area contributed by atoms with Crippen LogP contribution in [0.4, 0.5) is 0 Å². The van der Waals surface area contributed by atoms with Crippen molar-refractivity contribution in [2.45, 2.75) is 25.8 Å². The zero-order valence-corrected chi connectivity index (χ0v) is 8.86. The summed E-state index contributed by atoms with van der Waals surface area (Å²) >= 11 is 0. The number of ether oxygens (including phenoxy) is 1. The number of rotatable bonds is 4. The number of allylic oxidation sites excluding steroid dienone is 1. The maximum atomic E-state index is 5.11. The van der Waals surface area contributed by atoms with Gasteiger partial charge in [-0.3, -0.25) is 0 Å². The van der Waals surface area contributed by atoms with Gasteiger partial charge in [-0.1, -0.05) is 0 Å². The number of nitrogens with zero attached hydrogens (tertiary/aromatic N) is 2. The Hall–Kier alpha value is 0.0574. The summed E-state index contributed by atoms with van der Waals surface area (Å²) in [4.78, 5) is 0. The number of hydrogen-bond acceptors (Lipinski definition) is 2. The topological polar surface area (TPSA) is 26.6 Å². The quantitative estimate of drug-likeness (QED) is 0.510. The molecule has 0 aliphatic carbocycles. The SMILES string of the molecule is C/C=C\[N-]N1CCC[C@H]1COC.[Li+]. The maximum absolute atomic E-state index is 5.11. The molecule has 0 saturated carbocycles. The Morgan fingerprint density at radius 1 is 1.62 bits per heavy atom. The Morgan fingerprint density at radius 3 is 3.00 bits per heavy atom. The van der Waals surface area contributed by atoms with Crippen LogP contribution in [0.2, 0.25) is 0 Å². The van der Waals surface area contributed by atoms with Crippen molar-refractivity contribution in [1.82, 2.24) is 5.01 Å². The minimum absolute atomic E-state index is 0. The summed E-state index contributed by atoms with van der Waals surface area (Å²) in [5.41, 5.74) is 4.31. The second kappa shape index (κ2) is 7.46. The Labute approximate surface area is 92.7 Å². The van der Waals surface area contributed by atoms with Gasteiger partial charge < -0.3 is 15.2 Å². The molecule has 13 heavy (non-hydrogen) atoms. The van der Waals surface area contributed by atoms with Gasteiger partial charge in [0.25, 0.3) is 0 Å². The van der Waals surface area contributed by atoms with Crippen molar-refractivity contribution >= 4 is 0 Å². The third-order valence-electron chi connectivity index (χ3n) is 2.07. The molecule has 3 nitrogen and oxygen atoms in total. The van der Waals surface area contributed by atoms with Crippen molar-refractivity contribution in [1.29, 1.82) is 0 Å². The van der Waals surface area contributed by atoms with Crippen molar-refractivity contribution < 1.29 is 23.6 Å². The Balaban J connectivity index is 0.00000144. The van der Waals surface area contributed by atoms with E-state index >= 15 is 0 Å². The first-order chi connectivity index (χ1) is 5.88. The van der Waals surface area contributed by atoms with Crippen LogP contribution in [-0.2, 0) is 4.74 Å². The first-order valence-electron chi connectivity index (χ1n) is 4.46. The van der Waals surface area contributed by atoms with E-state index in [-0.39, 0.29) is 18.9 Å². The molecule has 1 aliphatic heterocycles. The number of hydrogen-bond donors (Lipinski definition) is 0. The zero-order valence-electron chi connectivity index (χ0n) is 8.86. The van der Waals surface area contributed by atoms with Crippen LogP contribution in [0, 0.1) is 0 Å². The second-order valence-corrected chi connectivity index (χ2v) is 3.01. The molecule has 1 fully saturated rings. The van der Waals surface area contributed by atoms with Gasteiger partial charge in [0, 0.05) is 13.2 Å². The van der Waals surface area contributed by atoms with E-state index in [0.717, 1.165) is 13.2 Å². The minimum Gasteiger partial charge on any atom is -0.626 e. The van der Waals surface area contributed by atoms with E-state index in [1.165, 1.54) is 12.8 Å². The van der Waals surface area contributed by atoms with Crippen molar-refractivity contribution in [2.75, 3.05) is 20.3 Å². The van der Waals surface area contributed by atoms with Crippen LogP contribution in [-0.4, -0.2) is 31.3 Å². The maximum Gasteiger partial charge on any atom is 1.00 e. The van der Waals surface area contributed by atoms with Crippen LogP contribution in [0.1, 0.15) is 19.8 Å². The standard InChI is InChI=1S/C9H17N2O.Li/c1-3-6-10-11-7-4-5-9(11)8-12-2;/h3,6,9H,4-5,7-8H2,1-2H3;/q-1;+1/b6-3-;/t9-;/m0./s1. The van der Waals surface area contributed by atoms with Gasteiger partial charge in [0.1, 0.15) is 0 Å². The van der Waals surface area contributed by atoms with Crippen LogP contribution in [0.3, 0.4) is 0 Å². The van der Waals surface area contributed by atoms with E-state index < -0.39 is 0 Å². The van der Waals surface area contributed by atoms with Crippen molar-refractivity contribution in [3.63, 3.8) is 0 Å². The van der Waals surface area contributed by atoms with Gasteiger partial charge in [0.2, 0.25) is 0 Å². The van der Waals surface area contributed by atoms with E-state index in [1.807, 2.05) is 19.2 Å². The van der Waals surface area contributed by atoms with Crippen molar-refractivity contribution in [3.8, 4) is 0 Å². The van der Waals surface area contributed by atoms with Gasteiger partial charge in [0.05, 0.1) is 6.61 Å². The molecular weight excluding hydrogens is 159 g/mol. The van der Waals surface area contributed by atoms with E-state index in [0.29, 0.717) is 6.04 Å². The molecule has 70 valence electrons. The summed E-state index contributed by atoms with van der Waals surface area (Å²) in [6.07, 6.45) is 6.22. The molecule has 1 aliphatic rings. The molecular formula is C9H17LiN2O. The Morgan fingerprint density at radius 2 is 2.38 bits per heavy atom. The largest absolute Gasteiger partial charge is 1.00 e. The Kier molecular flexibility index (Phi) is 7.49. The van der Waals surface area contributed by atoms with Crippen LogP contribution < -0.4 is 18.9 Å². The molecule has 4 heteroatoms. The van der Waals surface area contributed by atoms with Crippen LogP contribution in [0.25, 0.3) is 5.43 Å². The fourth-order valence-corrected chi connectivity index (χ4v) is 1.49. The number of methoxy groups -OCH3 is 1. The summed E-state index contributed by atoms with van der Waals surface area (Å²) in [5, 5.41) is 2.11. The summed E-state index contributed by atoms with van der Waals surface area (Å²) in [7, 11) is 1.74. The van der Waals surface area contributed by atoms with Gasteiger partial charge in [0.15, 0.2) is 0 Å². The van der Waals surface area contributed by atoms with Gasteiger partial charge >= 0.3 is 18.9 Å². The van der Waals surface area contributed by atoms with E-state index in [9.17, 15) is 0 Å². The van der Waals surface area contributed by atoms with Gasteiger partial charge in [-0.25, -0.2) is 0 Å². The summed E-state index contributed by atoms with van der Waals surface area (Å²) < 4.78 is 5.11. The molecule has 1 rings (SSSR count). The summed E-state index contributed by atoms with van der Waals surface area (Å²) in [5.74, 6) is 0. The molecule has 0 spiro atoms. The van der Waals surface area contributed by atoms with Crippen LogP contribution in [0.5, 0.6) is 0 Å². The van der Waals surface area contributed by atoms with Crippen molar-refractivity contribution in [2.24, 2.45) is 0 Å². The molecule has 0 radical (unpaired) electrons. The molecule has 0 bridgehead atoms. The fraction of sp³-hybridized carbons (Fsp3) is 0.778. The van der Waals surface area contributed by atoms with Gasteiger partial charge in [-0.05, 0) is 26.3 Å². The van der Waals surface area contributed by atoms with Gasteiger partial charge in [-0.2, -0.15) is 6.20 Å². The third kappa shape index (κ3) is 4.19. The predicted molar refractivity (Wildman–Crippen MR) is 49.8 cm³/mol. The van der Waals surface area contributed by atoms with Crippen LogP contribution >= 0.6 is 0 Å². The first kappa shape index (κ1) is 13.1. The normalized spacial score (nSPS) is 23.4. The second-order valence-electron chi connectivity index (χ2n) is 3.01. The smallest absolute Gasteiger partial charge is 0.626 e. The molecule has 1 atom stereocenters. The first-order valence-corrected chi connectivity index (χ1v) is 4.46. The predicted octanol–water partition coefficient (Wildman–Crippen LogP) is -1.08. The molecule has 0 unspecified atom stereocenters. The summed E-state index contributed by atoms with van der Waals surface area (Å²) in [6.45, 7) is 3.84. The molecule has 1 saturated heterocycles. The monoisotopic (exact) mass is 176 g/mol. The summed E-state index contributed by atoms with van der Waals surface area (Å²) in [6, 6.07) is 0.492. The van der Waals surface area contributed by atoms with E-state index in [4.69, 9.17) is 4.74 Å². The zero-order chi connectivity index (χ0) is 8.81. The molecule has 0 aromatic rings. The molecule has 0 aromatic carbocycles. The minimum atomic E-state index is 0. The molecule has 0 amide bonds. The third-order valence-corrected chi connectivity index (χ3v) is 2.07.